The van der Waals surface area contributed by atoms with Gasteiger partial charge in [-0.25, -0.2) is 0 Å². The Morgan fingerprint density at radius 1 is 0.846 bits per heavy atom. The summed E-state index contributed by atoms with van der Waals surface area (Å²) in [5.41, 5.74) is 4.18. The second-order valence-electron chi connectivity index (χ2n) is 6.37. The number of fused-ring (bicyclic) bond motifs is 3. The van der Waals surface area contributed by atoms with Crippen molar-refractivity contribution >= 4 is 11.2 Å². The third-order valence-electron chi connectivity index (χ3n) is 4.76. The maximum absolute atomic E-state index is 9.57. The second-order valence-corrected chi connectivity index (χ2v) is 6.37. The van der Waals surface area contributed by atoms with Crippen molar-refractivity contribution in [3.8, 4) is 11.8 Å². The molecule has 1 aliphatic rings. The molecular formula is C23H19NO2. The van der Waals surface area contributed by atoms with E-state index in [-0.39, 0.29) is 11.8 Å². The molecule has 0 amide bonds. The van der Waals surface area contributed by atoms with E-state index in [1.54, 1.807) is 0 Å². The molecule has 3 nitrogen and oxygen atoms in total. The van der Waals surface area contributed by atoms with Crippen molar-refractivity contribution in [1.82, 2.24) is 0 Å². The van der Waals surface area contributed by atoms with Crippen LogP contribution in [-0.2, 0) is 0 Å². The number of rotatable bonds is 2. The summed E-state index contributed by atoms with van der Waals surface area (Å²) in [7, 11) is 0. The Balaban J connectivity index is 0.000000198. The molecule has 0 saturated carbocycles. The van der Waals surface area contributed by atoms with Gasteiger partial charge >= 0.3 is 0 Å². The van der Waals surface area contributed by atoms with E-state index in [0.29, 0.717) is 6.61 Å². The van der Waals surface area contributed by atoms with Crippen LogP contribution < -0.4 is 4.74 Å². The van der Waals surface area contributed by atoms with Gasteiger partial charge in [-0.1, -0.05) is 48.5 Å². The second kappa shape index (κ2) is 7.33. The van der Waals surface area contributed by atoms with E-state index in [1.165, 1.54) is 0 Å². The fourth-order valence-electron chi connectivity index (χ4n) is 3.48. The number of ether oxygens (including phenoxy) is 1. The van der Waals surface area contributed by atoms with E-state index in [9.17, 15) is 5.26 Å². The fraction of sp³-hybridized carbons (Fsp3) is 0.174. The number of para-hydroxylation sites is 1. The van der Waals surface area contributed by atoms with Crippen LogP contribution >= 0.6 is 0 Å². The summed E-state index contributed by atoms with van der Waals surface area (Å²) in [4.78, 5) is 0. The maximum atomic E-state index is 9.57. The lowest BCUT2D eigenvalue weighted by Crippen LogP contribution is -2.19. The van der Waals surface area contributed by atoms with E-state index < -0.39 is 0 Å². The quantitative estimate of drug-likeness (QED) is 0.468. The zero-order valence-corrected chi connectivity index (χ0v) is 14.3. The van der Waals surface area contributed by atoms with Crippen molar-refractivity contribution < 1.29 is 9.15 Å². The first-order valence-corrected chi connectivity index (χ1v) is 8.79. The van der Waals surface area contributed by atoms with Gasteiger partial charge in [0.1, 0.15) is 16.9 Å². The van der Waals surface area contributed by atoms with E-state index in [2.05, 4.69) is 12.1 Å². The lowest BCUT2D eigenvalue weighted by atomic mass is 9.79. The number of nitriles is 1. The molecule has 2 unspecified atom stereocenters. The third-order valence-corrected chi connectivity index (χ3v) is 4.76. The molecule has 2 aromatic carbocycles. The lowest BCUT2D eigenvalue weighted by Gasteiger charge is -2.29. The summed E-state index contributed by atoms with van der Waals surface area (Å²) in [6.45, 7) is 0.687. The number of hydrogen-bond acceptors (Lipinski definition) is 3. The van der Waals surface area contributed by atoms with Crippen LogP contribution in [0.5, 0.6) is 5.75 Å². The highest BCUT2D eigenvalue weighted by atomic mass is 16.5. The van der Waals surface area contributed by atoms with E-state index >= 15 is 0 Å². The van der Waals surface area contributed by atoms with Gasteiger partial charge in [0, 0.05) is 5.92 Å². The van der Waals surface area contributed by atoms with Gasteiger partial charge in [0.2, 0.25) is 0 Å². The van der Waals surface area contributed by atoms with E-state index in [0.717, 1.165) is 34.5 Å². The first-order valence-electron chi connectivity index (χ1n) is 8.79. The lowest BCUT2D eigenvalue weighted by molar-refractivity contribution is 0.262. The zero-order chi connectivity index (χ0) is 17.8. The van der Waals surface area contributed by atoms with E-state index in [1.807, 2.05) is 72.8 Å². The molecule has 128 valence electrons. The van der Waals surface area contributed by atoms with Crippen molar-refractivity contribution in [3.63, 3.8) is 0 Å². The Bertz CT molecular complexity index is 954. The summed E-state index contributed by atoms with van der Waals surface area (Å²) in [5, 5.41) is 9.57. The molecule has 0 fully saturated rings. The number of benzene rings is 3. The Labute approximate surface area is 152 Å². The summed E-state index contributed by atoms with van der Waals surface area (Å²) < 4.78 is 10.8. The van der Waals surface area contributed by atoms with Crippen molar-refractivity contribution in [1.29, 1.82) is 5.26 Å². The molecule has 2 bridgehead atoms. The Morgan fingerprint density at radius 2 is 1.50 bits per heavy atom. The van der Waals surface area contributed by atoms with Crippen molar-refractivity contribution in [2.24, 2.45) is 0 Å². The Kier molecular flexibility index (Phi) is 4.57. The smallest absolute Gasteiger partial charge is 0.127 e. The van der Waals surface area contributed by atoms with Crippen LogP contribution in [-0.4, -0.2) is 6.61 Å². The Morgan fingerprint density at radius 3 is 2.12 bits per heavy atom. The van der Waals surface area contributed by atoms with Crippen LogP contribution in [0.1, 0.15) is 29.4 Å². The van der Waals surface area contributed by atoms with Gasteiger partial charge in [-0.05, 0) is 47.9 Å². The van der Waals surface area contributed by atoms with Crippen LogP contribution in [0.2, 0.25) is 0 Å². The van der Waals surface area contributed by atoms with Crippen LogP contribution in [0.3, 0.4) is 0 Å². The number of hydrogen-bond donors (Lipinski definition) is 0. The molecular weight excluding hydrogens is 322 g/mol. The minimum absolute atomic E-state index is 0.105. The van der Waals surface area contributed by atoms with Gasteiger partial charge in [0.25, 0.3) is 0 Å². The van der Waals surface area contributed by atoms with Crippen LogP contribution in [0.4, 0.5) is 0 Å². The standard InChI is InChI=1S/C17H15NO.C6H4O/c18-12-16(13-6-2-1-3-7-13)14-10-11-19-17-9-5-4-8-15(14)17;1-2-6-4-3-5(1)7-6/h1-9,14,16H,10-11H2;1-4H. The molecule has 3 heterocycles. The first-order chi connectivity index (χ1) is 12.8. The summed E-state index contributed by atoms with van der Waals surface area (Å²) >= 11 is 0. The fourth-order valence-corrected chi connectivity index (χ4v) is 3.48. The predicted octanol–water partition coefficient (Wildman–Crippen LogP) is 5.73. The number of furan rings is 2. The molecule has 0 N–H and O–H groups in total. The van der Waals surface area contributed by atoms with Gasteiger partial charge in [-0.2, -0.15) is 5.26 Å². The molecule has 3 heteroatoms. The molecule has 26 heavy (non-hydrogen) atoms. The molecule has 4 aromatic rings. The van der Waals surface area contributed by atoms with Crippen molar-refractivity contribution in [2.75, 3.05) is 6.61 Å². The summed E-state index contributed by atoms with van der Waals surface area (Å²) in [6, 6.07) is 28.4. The van der Waals surface area contributed by atoms with Crippen molar-refractivity contribution in [3.05, 3.63) is 90.0 Å². The summed E-state index contributed by atoms with van der Waals surface area (Å²) in [5.74, 6) is 1.04. The average molecular weight is 341 g/mol. The molecule has 0 aliphatic carbocycles. The normalized spacial score (nSPS) is 16.7. The predicted molar refractivity (Wildman–Crippen MR) is 101 cm³/mol. The number of nitrogens with zero attached hydrogens (tertiary/aromatic N) is 1. The minimum atomic E-state index is -0.105. The van der Waals surface area contributed by atoms with Crippen LogP contribution in [0.25, 0.3) is 11.2 Å². The van der Waals surface area contributed by atoms with Crippen LogP contribution in [0, 0.1) is 11.3 Å². The van der Waals surface area contributed by atoms with Gasteiger partial charge < -0.3 is 9.15 Å². The molecule has 0 spiro atoms. The molecule has 1 aliphatic heterocycles. The minimum Gasteiger partial charge on any atom is -0.493 e. The molecule has 0 saturated heterocycles. The highest BCUT2D eigenvalue weighted by molar-refractivity contribution is 5.59. The van der Waals surface area contributed by atoms with Gasteiger partial charge in [-0.3, -0.25) is 0 Å². The molecule has 2 atom stereocenters. The van der Waals surface area contributed by atoms with Gasteiger partial charge in [-0.15, -0.1) is 0 Å². The van der Waals surface area contributed by atoms with Gasteiger partial charge in [0.05, 0.1) is 18.6 Å². The first kappa shape index (κ1) is 16.2. The average Bonchev–Trinajstić information content (AvgIpc) is 3.36. The van der Waals surface area contributed by atoms with Gasteiger partial charge in [0.15, 0.2) is 0 Å². The molecule has 5 rings (SSSR count). The van der Waals surface area contributed by atoms with E-state index in [4.69, 9.17) is 9.15 Å². The van der Waals surface area contributed by atoms with Crippen LogP contribution in [0.15, 0.2) is 83.3 Å². The highest BCUT2D eigenvalue weighted by Gasteiger charge is 2.29. The zero-order valence-electron chi connectivity index (χ0n) is 14.3. The maximum Gasteiger partial charge on any atom is 0.127 e. The van der Waals surface area contributed by atoms with Crippen molar-refractivity contribution in [2.45, 2.75) is 18.3 Å². The topological polar surface area (TPSA) is 46.2 Å². The largest absolute Gasteiger partial charge is 0.493 e. The third kappa shape index (κ3) is 3.27. The Hall–Kier alpha value is -3.25. The SMILES string of the molecule is N#CC(c1ccccc1)C1CCOc2ccccc21.c1cc2ccc1o2. The highest BCUT2D eigenvalue weighted by Crippen LogP contribution is 2.42. The summed E-state index contributed by atoms with van der Waals surface area (Å²) in [6.07, 6.45) is 0.893. The molecule has 0 radical (unpaired) electrons. The monoisotopic (exact) mass is 341 g/mol. The molecule has 2 aromatic heterocycles.